The fraction of sp³-hybridized carbons (Fsp3) is 0.500. The van der Waals surface area contributed by atoms with E-state index in [1.807, 2.05) is 6.07 Å². The van der Waals surface area contributed by atoms with Gasteiger partial charge >= 0.3 is 0 Å². The van der Waals surface area contributed by atoms with Gasteiger partial charge in [0.05, 0.1) is 0 Å². The normalized spacial score (nSPS) is 17.5. The van der Waals surface area contributed by atoms with Crippen molar-refractivity contribution < 1.29 is 0 Å². The maximum absolute atomic E-state index is 4.08. The highest BCUT2D eigenvalue weighted by Gasteiger charge is 2.17. The van der Waals surface area contributed by atoms with E-state index in [2.05, 4.69) is 15.3 Å². The van der Waals surface area contributed by atoms with Crippen LogP contribution in [0.1, 0.15) is 19.3 Å². The molecule has 0 spiro atoms. The predicted molar refractivity (Wildman–Crippen MR) is 43.3 cm³/mol. The fourth-order valence-corrected chi connectivity index (χ4v) is 1.11. The Morgan fingerprint density at radius 1 is 1.27 bits per heavy atom. The minimum Gasteiger partial charge on any atom is -0.351 e. The highest BCUT2D eigenvalue weighted by atomic mass is 15.1. The molecule has 0 radical (unpaired) electrons. The molecule has 0 aromatic carbocycles. The van der Waals surface area contributed by atoms with E-state index in [4.69, 9.17) is 0 Å². The number of nitrogens with one attached hydrogen (secondary N) is 1. The van der Waals surface area contributed by atoms with Gasteiger partial charge in [0.2, 0.25) is 5.95 Å². The predicted octanol–water partition coefficient (Wildman–Crippen LogP) is 1.44. The smallest absolute Gasteiger partial charge is 0.222 e. The number of aromatic nitrogens is 2. The van der Waals surface area contributed by atoms with Crippen LogP contribution < -0.4 is 5.32 Å². The highest BCUT2D eigenvalue weighted by Crippen LogP contribution is 2.20. The van der Waals surface area contributed by atoms with E-state index in [0.29, 0.717) is 6.04 Å². The molecule has 1 aromatic rings. The van der Waals surface area contributed by atoms with E-state index in [0.717, 1.165) is 5.95 Å². The van der Waals surface area contributed by atoms with Gasteiger partial charge in [0, 0.05) is 18.4 Å². The molecule has 0 bridgehead atoms. The molecular formula is C8H11N3. The summed E-state index contributed by atoms with van der Waals surface area (Å²) in [7, 11) is 0. The summed E-state index contributed by atoms with van der Waals surface area (Å²) in [5.41, 5.74) is 0. The van der Waals surface area contributed by atoms with Crippen molar-refractivity contribution in [2.45, 2.75) is 25.3 Å². The first-order valence-corrected chi connectivity index (χ1v) is 3.99. The van der Waals surface area contributed by atoms with Crippen LogP contribution in [0.25, 0.3) is 0 Å². The summed E-state index contributed by atoms with van der Waals surface area (Å²) in [6.07, 6.45) is 7.38. The quantitative estimate of drug-likeness (QED) is 0.691. The largest absolute Gasteiger partial charge is 0.351 e. The molecule has 1 aliphatic carbocycles. The van der Waals surface area contributed by atoms with Crippen LogP contribution in [0.5, 0.6) is 0 Å². The maximum Gasteiger partial charge on any atom is 0.222 e. The van der Waals surface area contributed by atoms with Crippen LogP contribution in [0.2, 0.25) is 0 Å². The van der Waals surface area contributed by atoms with Crippen molar-refractivity contribution in [2.24, 2.45) is 0 Å². The van der Waals surface area contributed by atoms with Gasteiger partial charge < -0.3 is 5.32 Å². The van der Waals surface area contributed by atoms with Gasteiger partial charge in [-0.15, -0.1) is 0 Å². The van der Waals surface area contributed by atoms with Crippen molar-refractivity contribution >= 4 is 5.95 Å². The van der Waals surface area contributed by atoms with E-state index in [1.54, 1.807) is 12.4 Å². The molecule has 1 N–H and O–H groups in total. The zero-order valence-corrected chi connectivity index (χ0v) is 6.33. The SMILES string of the molecule is c1cnc(NC2CCC2)nc1. The van der Waals surface area contributed by atoms with Crippen LogP contribution in [-0.4, -0.2) is 16.0 Å². The Morgan fingerprint density at radius 2 is 2.00 bits per heavy atom. The zero-order chi connectivity index (χ0) is 7.52. The fourth-order valence-electron chi connectivity index (χ4n) is 1.11. The van der Waals surface area contributed by atoms with E-state index in [9.17, 15) is 0 Å². The van der Waals surface area contributed by atoms with E-state index in [-0.39, 0.29) is 0 Å². The van der Waals surface area contributed by atoms with Crippen LogP contribution in [0.4, 0.5) is 5.95 Å². The highest BCUT2D eigenvalue weighted by molar-refractivity contribution is 5.24. The van der Waals surface area contributed by atoms with Crippen LogP contribution >= 0.6 is 0 Å². The average molecular weight is 149 g/mol. The molecule has 3 nitrogen and oxygen atoms in total. The molecule has 11 heavy (non-hydrogen) atoms. The molecule has 0 saturated heterocycles. The van der Waals surface area contributed by atoms with Crippen LogP contribution in [0, 0.1) is 0 Å². The second-order valence-electron chi connectivity index (χ2n) is 2.84. The van der Waals surface area contributed by atoms with Crippen LogP contribution in [0.3, 0.4) is 0 Å². The molecular weight excluding hydrogens is 138 g/mol. The lowest BCUT2D eigenvalue weighted by Gasteiger charge is -2.25. The molecule has 0 atom stereocenters. The van der Waals surface area contributed by atoms with Crippen molar-refractivity contribution in [3.8, 4) is 0 Å². The van der Waals surface area contributed by atoms with Gasteiger partial charge in [0.1, 0.15) is 0 Å². The minimum absolute atomic E-state index is 0.623. The van der Waals surface area contributed by atoms with E-state index >= 15 is 0 Å². The molecule has 1 aromatic heterocycles. The Labute approximate surface area is 65.9 Å². The average Bonchev–Trinajstić information content (AvgIpc) is 1.99. The first kappa shape index (κ1) is 6.58. The standard InChI is InChI=1S/C8H11N3/c1-3-7(4-1)11-8-9-5-2-6-10-8/h2,5-7H,1,3-4H2,(H,9,10,11). The van der Waals surface area contributed by atoms with Crippen molar-refractivity contribution in [3.63, 3.8) is 0 Å². The lowest BCUT2D eigenvalue weighted by molar-refractivity contribution is 0.443. The Hall–Kier alpha value is -1.12. The Bertz CT molecular complexity index is 218. The van der Waals surface area contributed by atoms with Crippen molar-refractivity contribution in [3.05, 3.63) is 18.5 Å². The summed E-state index contributed by atoms with van der Waals surface area (Å²) in [4.78, 5) is 8.16. The molecule has 1 fully saturated rings. The van der Waals surface area contributed by atoms with Crippen molar-refractivity contribution in [1.82, 2.24) is 9.97 Å². The zero-order valence-electron chi connectivity index (χ0n) is 6.33. The maximum atomic E-state index is 4.08. The van der Waals surface area contributed by atoms with Crippen LogP contribution in [0.15, 0.2) is 18.5 Å². The van der Waals surface area contributed by atoms with Gasteiger partial charge in [0.15, 0.2) is 0 Å². The Kier molecular flexibility index (Phi) is 1.71. The first-order valence-electron chi connectivity index (χ1n) is 3.99. The van der Waals surface area contributed by atoms with Gasteiger partial charge in [-0.25, -0.2) is 9.97 Å². The summed E-state index contributed by atoms with van der Waals surface area (Å²) >= 11 is 0. The number of anilines is 1. The summed E-state index contributed by atoms with van der Waals surface area (Å²) < 4.78 is 0. The monoisotopic (exact) mass is 149 g/mol. The second-order valence-corrected chi connectivity index (χ2v) is 2.84. The Morgan fingerprint density at radius 3 is 2.55 bits per heavy atom. The number of hydrogen-bond donors (Lipinski definition) is 1. The van der Waals surface area contributed by atoms with Gasteiger partial charge in [-0.2, -0.15) is 0 Å². The lowest BCUT2D eigenvalue weighted by Crippen LogP contribution is -2.27. The topological polar surface area (TPSA) is 37.8 Å². The molecule has 0 amide bonds. The van der Waals surface area contributed by atoms with Crippen molar-refractivity contribution in [1.29, 1.82) is 0 Å². The third-order valence-electron chi connectivity index (χ3n) is 2.00. The lowest BCUT2D eigenvalue weighted by atomic mass is 9.93. The van der Waals surface area contributed by atoms with Gasteiger partial charge in [0.25, 0.3) is 0 Å². The molecule has 1 heterocycles. The first-order chi connectivity index (χ1) is 5.45. The van der Waals surface area contributed by atoms with Gasteiger partial charge in [-0.05, 0) is 25.3 Å². The third kappa shape index (κ3) is 1.48. The summed E-state index contributed by atoms with van der Waals surface area (Å²) in [5.74, 6) is 0.761. The van der Waals surface area contributed by atoms with Gasteiger partial charge in [-0.1, -0.05) is 0 Å². The Balaban J connectivity index is 1.95. The van der Waals surface area contributed by atoms with Gasteiger partial charge in [-0.3, -0.25) is 0 Å². The molecule has 0 aliphatic heterocycles. The summed E-state index contributed by atoms with van der Waals surface area (Å²) in [6.45, 7) is 0. The third-order valence-corrected chi connectivity index (χ3v) is 2.00. The summed E-state index contributed by atoms with van der Waals surface area (Å²) in [5, 5.41) is 3.26. The van der Waals surface area contributed by atoms with Crippen LogP contribution in [-0.2, 0) is 0 Å². The number of nitrogens with zero attached hydrogens (tertiary/aromatic N) is 2. The molecule has 1 saturated carbocycles. The molecule has 3 heteroatoms. The summed E-state index contributed by atoms with van der Waals surface area (Å²) in [6, 6.07) is 2.45. The second kappa shape index (κ2) is 2.86. The van der Waals surface area contributed by atoms with Crippen molar-refractivity contribution in [2.75, 3.05) is 5.32 Å². The van der Waals surface area contributed by atoms with E-state index in [1.165, 1.54) is 19.3 Å². The minimum atomic E-state index is 0.623. The number of rotatable bonds is 2. The molecule has 1 aliphatic rings. The van der Waals surface area contributed by atoms with E-state index < -0.39 is 0 Å². The molecule has 58 valence electrons. The molecule has 0 unspecified atom stereocenters. The molecule has 2 rings (SSSR count). The number of hydrogen-bond acceptors (Lipinski definition) is 3.